The van der Waals surface area contributed by atoms with Crippen LogP contribution in [0.5, 0.6) is 0 Å². The monoisotopic (exact) mass is 625 g/mol. The second-order valence-corrected chi connectivity index (χ2v) is 12.4. The molecule has 3 nitrogen and oxygen atoms in total. The lowest BCUT2D eigenvalue weighted by Crippen LogP contribution is -2.00. The lowest BCUT2D eigenvalue weighted by Gasteiger charge is -2.12. The number of nitrogens with zero attached hydrogens (tertiary/aromatic N) is 3. The predicted molar refractivity (Wildman–Crippen MR) is 201 cm³/mol. The smallest absolute Gasteiger partial charge is 0.164 e. The average molecular weight is 626 g/mol. The first-order valence-electron chi connectivity index (χ1n) is 16.7. The Labute approximate surface area is 286 Å². The third-order valence-electron chi connectivity index (χ3n) is 9.43. The summed E-state index contributed by atoms with van der Waals surface area (Å²) in [5.41, 5.74) is 15.6. The van der Waals surface area contributed by atoms with E-state index < -0.39 is 0 Å². The molecule has 9 rings (SSSR count). The number of benzene rings is 7. The van der Waals surface area contributed by atoms with Crippen molar-refractivity contribution in [2.45, 2.75) is 6.42 Å². The van der Waals surface area contributed by atoms with Gasteiger partial charge in [0, 0.05) is 16.7 Å². The van der Waals surface area contributed by atoms with E-state index in [0.717, 1.165) is 28.7 Å². The molecular weight excluding hydrogens is 595 g/mol. The van der Waals surface area contributed by atoms with Gasteiger partial charge in [-0.2, -0.15) is 0 Å². The predicted octanol–water partition coefficient (Wildman–Crippen LogP) is 11.4. The van der Waals surface area contributed by atoms with Crippen LogP contribution in [0.4, 0.5) is 0 Å². The highest BCUT2D eigenvalue weighted by atomic mass is 15.0. The molecule has 0 fully saturated rings. The van der Waals surface area contributed by atoms with Crippen LogP contribution >= 0.6 is 0 Å². The zero-order valence-electron chi connectivity index (χ0n) is 26.8. The van der Waals surface area contributed by atoms with Crippen molar-refractivity contribution in [3.05, 3.63) is 187 Å². The van der Waals surface area contributed by atoms with E-state index >= 15 is 0 Å². The molecule has 0 bridgehead atoms. The molecule has 49 heavy (non-hydrogen) atoms. The van der Waals surface area contributed by atoms with Gasteiger partial charge in [0.2, 0.25) is 0 Å². The highest BCUT2D eigenvalue weighted by Gasteiger charge is 2.24. The Morgan fingerprint density at radius 3 is 1.18 bits per heavy atom. The minimum absolute atomic E-state index is 0.659. The summed E-state index contributed by atoms with van der Waals surface area (Å²) in [4.78, 5) is 14.9. The van der Waals surface area contributed by atoms with Crippen LogP contribution < -0.4 is 0 Å². The molecule has 1 aromatic heterocycles. The van der Waals surface area contributed by atoms with Crippen LogP contribution in [0, 0.1) is 0 Å². The molecule has 0 atom stereocenters. The van der Waals surface area contributed by atoms with E-state index in [1.54, 1.807) is 0 Å². The highest BCUT2D eigenvalue weighted by Crippen LogP contribution is 2.45. The van der Waals surface area contributed by atoms with Gasteiger partial charge in [0.1, 0.15) is 0 Å². The van der Waals surface area contributed by atoms with Crippen LogP contribution in [-0.4, -0.2) is 15.0 Å². The summed E-state index contributed by atoms with van der Waals surface area (Å²) in [7, 11) is 0. The van der Waals surface area contributed by atoms with Crippen LogP contribution in [0.2, 0.25) is 0 Å². The third kappa shape index (κ3) is 5.42. The van der Waals surface area contributed by atoms with Gasteiger partial charge in [0.25, 0.3) is 0 Å². The summed E-state index contributed by atoms with van der Waals surface area (Å²) >= 11 is 0. The van der Waals surface area contributed by atoms with Crippen molar-refractivity contribution in [1.29, 1.82) is 0 Å². The fourth-order valence-electron chi connectivity index (χ4n) is 7.01. The van der Waals surface area contributed by atoms with Crippen LogP contribution in [-0.2, 0) is 6.42 Å². The van der Waals surface area contributed by atoms with Gasteiger partial charge in [-0.3, -0.25) is 0 Å². The number of aromatic nitrogens is 3. The quantitative estimate of drug-likeness (QED) is 0.185. The van der Waals surface area contributed by atoms with E-state index in [9.17, 15) is 0 Å². The minimum Gasteiger partial charge on any atom is -0.208 e. The Balaban J connectivity index is 1.09. The van der Waals surface area contributed by atoms with E-state index in [0.29, 0.717) is 17.5 Å². The second-order valence-electron chi connectivity index (χ2n) is 12.4. The molecule has 3 heteroatoms. The lowest BCUT2D eigenvalue weighted by atomic mass is 9.94. The van der Waals surface area contributed by atoms with E-state index in [4.69, 9.17) is 15.0 Å². The topological polar surface area (TPSA) is 38.7 Å². The van der Waals surface area contributed by atoms with Gasteiger partial charge in [-0.1, -0.05) is 170 Å². The Morgan fingerprint density at radius 2 is 0.633 bits per heavy atom. The molecule has 1 heterocycles. The maximum absolute atomic E-state index is 4.99. The van der Waals surface area contributed by atoms with Gasteiger partial charge >= 0.3 is 0 Å². The van der Waals surface area contributed by atoms with Crippen molar-refractivity contribution in [3.63, 3.8) is 0 Å². The van der Waals surface area contributed by atoms with Gasteiger partial charge in [0.05, 0.1) is 0 Å². The Bertz CT molecular complexity index is 2380. The molecule has 0 radical (unpaired) electrons. The molecule has 1 aliphatic carbocycles. The van der Waals surface area contributed by atoms with Gasteiger partial charge in [-0.15, -0.1) is 0 Å². The minimum atomic E-state index is 0.659. The summed E-state index contributed by atoms with van der Waals surface area (Å²) in [6.07, 6.45) is 0.879. The molecule has 0 aliphatic heterocycles. The fraction of sp³-hybridized carbons (Fsp3) is 0.0217. The lowest BCUT2D eigenvalue weighted by molar-refractivity contribution is 1.07. The maximum atomic E-state index is 4.99. The van der Waals surface area contributed by atoms with Crippen LogP contribution in [0.15, 0.2) is 176 Å². The molecule has 0 saturated heterocycles. The summed E-state index contributed by atoms with van der Waals surface area (Å²) in [5, 5.41) is 0. The zero-order valence-corrected chi connectivity index (χ0v) is 26.8. The standard InChI is InChI=1S/C46H31N3/c1-4-13-31(14-5-1)32-25-27-33(28-26-32)38-21-11-23-40-41-24-12-22-39(43(41)30-42(38)40)36-19-10-20-37(29-36)46-48-44(34-15-6-2-7-16-34)47-45(49-46)35-17-8-3-9-18-35/h1-29H,30H2. The third-order valence-corrected chi connectivity index (χ3v) is 9.43. The van der Waals surface area contributed by atoms with Crippen molar-refractivity contribution in [1.82, 2.24) is 15.0 Å². The Hall–Kier alpha value is -6.45. The van der Waals surface area contributed by atoms with Gasteiger partial charge in [-0.25, -0.2) is 15.0 Å². The van der Waals surface area contributed by atoms with Gasteiger partial charge in [0.15, 0.2) is 17.5 Å². The second kappa shape index (κ2) is 12.3. The summed E-state index contributed by atoms with van der Waals surface area (Å²) in [6, 6.07) is 61.8. The number of hydrogen-bond acceptors (Lipinski definition) is 3. The molecule has 7 aromatic carbocycles. The maximum Gasteiger partial charge on any atom is 0.164 e. The fourth-order valence-corrected chi connectivity index (χ4v) is 7.01. The number of fused-ring (bicyclic) bond motifs is 3. The number of rotatable bonds is 6. The van der Waals surface area contributed by atoms with Crippen LogP contribution in [0.3, 0.4) is 0 Å². The molecule has 0 amide bonds. The van der Waals surface area contributed by atoms with Gasteiger partial charge < -0.3 is 0 Å². The molecular formula is C46H31N3. The van der Waals surface area contributed by atoms with E-state index in [2.05, 4.69) is 115 Å². The van der Waals surface area contributed by atoms with Crippen molar-refractivity contribution in [3.8, 4) is 78.7 Å². The number of hydrogen-bond donors (Lipinski definition) is 0. The molecule has 230 valence electrons. The van der Waals surface area contributed by atoms with E-state index in [1.807, 2.05) is 60.7 Å². The Morgan fingerprint density at radius 1 is 0.265 bits per heavy atom. The van der Waals surface area contributed by atoms with E-state index in [-0.39, 0.29) is 0 Å². The van der Waals surface area contributed by atoms with Crippen molar-refractivity contribution in [2.75, 3.05) is 0 Å². The van der Waals surface area contributed by atoms with Crippen LogP contribution in [0.25, 0.3) is 78.7 Å². The van der Waals surface area contributed by atoms with Crippen molar-refractivity contribution >= 4 is 0 Å². The summed E-state index contributed by atoms with van der Waals surface area (Å²) in [5.74, 6) is 1.98. The first-order valence-corrected chi connectivity index (χ1v) is 16.7. The van der Waals surface area contributed by atoms with E-state index in [1.165, 1.54) is 50.1 Å². The van der Waals surface area contributed by atoms with Crippen LogP contribution in [0.1, 0.15) is 11.1 Å². The first-order chi connectivity index (χ1) is 24.3. The molecule has 0 unspecified atom stereocenters. The van der Waals surface area contributed by atoms with Gasteiger partial charge in [-0.05, 0) is 68.1 Å². The zero-order chi connectivity index (χ0) is 32.6. The average Bonchev–Trinajstić information content (AvgIpc) is 3.58. The molecule has 0 spiro atoms. The Kier molecular flexibility index (Phi) is 7.21. The summed E-state index contributed by atoms with van der Waals surface area (Å²) < 4.78 is 0. The SMILES string of the molecule is c1ccc(-c2ccc(-c3cccc4c3Cc3c(-c5cccc(-c6nc(-c7ccccc7)nc(-c7ccccc7)n6)c5)cccc3-4)cc2)cc1. The highest BCUT2D eigenvalue weighted by molar-refractivity contribution is 5.90. The normalized spacial score (nSPS) is 11.6. The summed E-state index contributed by atoms with van der Waals surface area (Å²) in [6.45, 7) is 0. The molecule has 1 aliphatic rings. The van der Waals surface area contributed by atoms with Crippen molar-refractivity contribution < 1.29 is 0 Å². The molecule has 0 saturated carbocycles. The largest absolute Gasteiger partial charge is 0.208 e. The first kappa shape index (κ1) is 28.7. The molecule has 0 N–H and O–H groups in total. The molecule has 8 aromatic rings. The van der Waals surface area contributed by atoms with Crippen molar-refractivity contribution in [2.24, 2.45) is 0 Å².